The van der Waals surface area contributed by atoms with Crippen LogP contribution in [0.3, 0.4) is 0 Å². The summed E-state index contributed by atoms with van der Waals surface area (Å²) >= 11 is 0. The summed E-state index contributed by atoms with van der Waals surface area (Å²) in [6, 6.07) is 6.33. The van der Waals surface area contributed by atoms with Crippen molar-refractivity contribution >= 4 is 30.7 Å². The molecule has 212 valence electrons. The molecule has 0 bridgehead atoms. The van der Waals surface area contributed by atoms with Gasteiger partial charge in [0.25, 0.3) is 0 Å². The van der Waals surface area contributed by atoms with Crippen LogP contribution < -0.4 is 15.3 Å². The highest BCUT2D eigenvalue weighted by Gasteiger charge is 2.58. The van der Waals surface area contributed by atoms with Gasteiger partial charge < -0.3 is 24.7 Å². The lowest BCUT2D eigenvalue weighted by Gasteiger charge is -2.28. The molecule has 0 aliphatic heterocycles. The van der Waals surface area contributed by atoms with Crippen molar-refractivity contribution in [2.24, 2.45) is 11.8 Å². The quantitative estimate of drug-likeness (QED) is 0.244. The average molecular weight is 565 g/mol. The van der Waals surface area contributed by atoms with E-state index in [1.54, 1.807) is 51.1 Å². The molecule has 0 unspecified atom stereocenters. The second-order valence-electron chi connectivity index (χ2n) is 10.2. The number of para-hydroxylation sites is 1. The third-order valence-corrected chi connectivity index (χ3v) is 8.53. The Labute approximate surface area is 225 Å². The van der Waals surface area contributed by atoms with Crippen LogP contribution in [0.5, 0.6) is 5.75 Å². The number of aromatic nitrogens is 4. The smallest absolute Gasteiger partial charge is 0.459 e. The van der Waals surface area contributed by atoms with Gasteiger partial charge in [-0.05, 0) is 45.7 Å². The number of halogens is 1. The standard InChI is InChI=1S/C25H34FN6O6P/c1-14(2)37-24(34)16(4)31-39(35,38-17-9-7-6-8-10-17)36-11-18-15(3)20(25(5,26)21(18)33)32-13-30-19-22(27)28-12-29-23(19)32/h6-10,12-16,18,20-21,33H,11H2,1-5H3,(H,31,35)(H2,27,28,29)/t15-,16+,18+,20-,21-,25+,39+/m1/s1. The van der Waals surface area contributed by atoms with Crippen LogP contribution in [0.2, 0.25) is 0 Å². The Morgan fingerprint density at radius 2 is 1.95 bits per heavy atom. The number of aliphatic hydroxyl groups is 1. The molecule has 39 heavy (non-hydrogen) atoms. The zero-order chi connectivity index (χ0) is 28.5. The fraction of sp³-hybridized carbons (Fsp3) is 0.520. The van der Waals surface area contributed by atoms with Gasteiger partial charge in [-0.1, -0.05) is 25.1 Å². The normalized spacial score (nSPS) is 27.4. The summed E-state index contributed by atoms with van der Waals surface area (Å²) < 4.78 is 48.2. The minimum atomic E-state index is -4.21. The maximum atomic E-state index is 16.2. The Bertz CT molecular complexity index is 1360. The molecular formula is C25H34FN6O6P. The number of hydrogen-bond donors (Lipinski definition) is 3. The summed E-state index contributed by atoms with van der Waals surface area (Å²) in [5.74, 6) is -1.61. The summed E-state index contributed by atoms with van der Waals surface area (Å²) in [4.78, 5) is 24.8. The zero-order valence-corrected chi connectivity index (χ0v) is 23.3. The molecule has 1 aliphatic rings. The number of nitrogens with two attached hydrogens (primary N) is 1. The van der Waals surface area contributed by atoms with E-state index in [1.807, 2.05) is 0 Å². The molecule has 4 rings (SSSR count). The SMILES string of the molecule is CC(C)OC(=O)[C@H](C)N[P@](=O)(OC[C@H]1[C@@H](C)[C@@H](n2cnc3c(N)ncnc32)[C@](C)(F)[C@@H]1O)Oc1ccccc1. The number of nitrogen functional groups attached to an aromatic ring is 1. The molecule has 1 aromatic carbocycles. The highest BCUT2D eigenvalue weighted by molar-refractivity contribution is 7.52. The summed E-state index contributed by atoms with van der Waals surface area (Å²) in [6.07, 6.45) is 0.793. The van der Waals surface area contributed by atoms with Crippen LogP contribution in [0, 0.1) is 11.8 Å². The van der Waals surface area contributed by atoms with Crippen molar-refractivity contribution in [2.45, 2.75) is 64.6 Å². The third kappa shape index (κ3) is 5.91. The van der Waals surface area contributed by atoms with Gasteiger partial charge in [0.05, 0.1) is 31.2 Å². The maximum Gasteiger partial charge on any atom is 0.459 e. The van der Waals surface area contributed by atoms with E-state index in [-0.39, 0.29) is 24.3 Å². The summed E-state index contributed by atoms with van der Waals surface area (Å²) in [5.41, 5.74) is 4.41. The Kier molecular flexibility index (Phi) is 8.27. The first-order chi connectivity index (χ1) is 18.3. The summed E-state index contributed by atoms with van der Waals surface area (Å²) in [5, 5.41) is 13.7. The maximum absolute atomic E-state index is 16.2. The lowest BCUT2D eigenvalue weighted by molar-refractivity contribution is -0.149. The number of carbonyl (C=O) groups excluding carboxylic acids is 1. The number of anilines is 1. The van der Waals surface area contributed by atoms with Crippen molar-refractivity contribution in [1.82, 2.24) is 24.6 Å². The predicted octanol–water partition coefficient (Wildman–Crippen LogP) is 3.44. The molecule has 0 saturated heterocycles. The monoisotopic (exact) mass is 564 g/mol. The van der Waals surface area contributed by atoms with Crippen molar-refractivity contribution in [3.63, 3.8) is 0 Å². The van der Waals surface area contributed by atoms with Crippen LogP contribution >= 0.6 is 7.75 Å². The average Bonchev–Trinajstić information content (AvgIpc) is 3.35. The number of carbonyl (C=O) groups is 1. The van der Waals surface area contributed by atoms with Gasteiger partial charge in [0.2, 0.25) is 0 Å². The van der Waals surface area contributed by atoms with E-state index in [1.165, 1.54) is 31.1 Å². The molecule has 4 N–H and O–H groups in total. The molecule has 12 nitrogen and oxygen atoms in total. The number of nitrogens with one attached hydrogen (secondary N) is 1. The van der Waals surface area contributed by atoms with Gasteiger partial charge in [-0.2, -0.15) is 5.09 Å². The molecule has 2 heterocycles. The number of nitrogens with zero attached hydrogens (tertiary/aromatic N) is 4. The second kappa shape index (κ2) is 11.2. The van der Waals surface area contributed by atoms with Crippen LogP contribution in [0.25, 0.3) is 11.2 Å². The number of esters is 1. The molecule has 0 spiro atoms. The van der Waals surface area contributed by atoms with E-state index < -0.39 is 49.4 Å². The first-order valence-electron chi connectivity index (χ1n) is 12.6. The molecule has 1 aliphatic carbocycles. The first kappa shape index (κ1) is 28.9. The highest BCUT2D eigenvalue weighted by atomic mass is 31.2. The van der Waals surface area contributed by atoms with Gasteiger partial charge in [-0.15, -0.1) is 0 Å². The number of fused-ring (bicyclic) bond motifs is 1. The minimum absolute atomic E-state index is 0.153. The summed E-state index contributed by atoms with van der Waals surface area (Å²) in [6.45, 7) is 7.55. The van der Waals surface area contributed by atoms with Crippen molar-refractivity contribution in [1.29, 1.82) is 0 Å². The van der Waals surface area contributed by atoms with Gasteiger partial charge in [-0.3, -0.25) is 9.32 Å². The number of aliphatic hydroxyl groups excluding tert-OH is 1. The largest absolute Gasteiger partial charge is 0.462 e. The Balaban J connectivity index is 1.58. The Morgan fingerprint density at radius 3 is 2.62 bits per heavy atom. The fourth-order valence-electron chi connectivity index (χ4n) is 4.99. The Hall–Kier alpha value is -3.12. The first-order valence-corrected chi connectivity index (χ1v) is 14.2. The van der Waals surface area contributed by atoms with Crippen LogP contribution in [0.15, 0.2) is 43.0 Å². The van der Waals surface area contributed by atoms with E-state index in [0.717, 1.165) is 0 Å². The molecular weight excluding hydrogens is 530 g/mol. The van der Waals surface area contributed by atoms with E-state index >= 15 is 4.39 Å². The van der Waals surface area contributed by atoms with Crippen LogP contribution in [-0.2, 0) is 18.6 Å². The summed E-state index contributed by atoms with van der Waals surface area (Å²) in [7, 11) is -4.21. The molecule has 0 amide bonds. The van der Waals surface area contributed by atoms with Crippen molar-refractivity contribution in [3.8, 4) is 5.75 Å². The van der Waals surface area contributed by atoms with Crippen molar-refractivity contribution in [3.05, 3.63) is 43.0 Å². The van der Waals surface area contributed by atoms with Gasteiger partial charge in [0, 0.05) is 5.92 Å². The lowest BCUT2D eigenvalue weighted by Crippen LogP contribution is -2.39. The number of rotatable bonds is 10. The van der Waals surface area contributed by atoms with E-state index in [4.69, 9.17) is 19.5 Å². The third-order valence-electron chi connectivity index (χ3n) is 6.89. The molecule has 2 aromatic heterocycles. The second-order valence-corrected chi connectivity index (χ2v) is 11.9. The Morgan fingerprint density at radius 1 is 1.26 bits per heavy atom. The number of hydrogen-bond acceptors (Lipinski definition) is 10. The molecule has 14 heteroatoms. The van der Waals surface area contributed by atoms with Crippen LogP contribution in [0.1, 0.15) is 40.7 Å². The molecule has 1 fully saturated rings. The van der Waals surface area contributed by atoms with E-state index in [2.05, 4.69) is 20.0 Å². The van der Waals surface area contributed by atoms with E-state index in [0.29, 0.717) is 11.2 Å². The van der Waals surface area contributed by atoms with Crippen molar-refractivity contribution < 1.29 is 32.6 Å². The van der Waals surface area contributed by atoms with E-state index in [9.17, 15) is 14.5 Å². The zero-order valence-electron chi connectivity index (χ0n) is 22.4. The predicted molar refractivity (Wildman–Crippen MR) is 141 cm³/mol. The van der Waals surface area contributed by atoms with Crippen LogP contribution in [0.4, 0.5) is 10.2 Å². The number of imidazole rings is 1. The van der Waals surface area contributed by atoms with Gasteiger partial charge in [-0.25, -0.2) is 23.9 Å². The number of benzene rings is 1. The fourth-order valence-corrected chi connectivity index (χ4v) is 6.52. The number of ether oxygens (including phenoxy) is 1. The lowest BCUT2D eigenvalue weighted by atomic mass is 9.95. The molecule has 7 atom stereocenters. The van der Waals surface area contributed by atoms with Crippen LogP contribution in [-0.4, -0.2) is 61.1 Å². The van der Waals surface area contributed by atoms with Gasteiger partial charge in [0.1, 0.15) is 23.6 Å². The molecule has 3 aromatic rings. The topological polar surface area (TPSA) is 164 Å². The molecule has 1 saturated carbocycles. The molecule has 0 radical (unpaired) electrons. The number of alkyl halides is 1. The van der Waals surface area contributed by atoms with Crippen molar-refractivity contribution in [2.75, 3.05) is 12.3 Å². The van der Waals surface area contributed by atoms with Gasteiger partial charge in [0.15, 0.2) is 17.1 Å². The minimum Gasteiger partial charge on any atom is -0.462 e. The highest BCUT2D eigenvalue weighted by Crippen LogP contribution is 2.53. The van der Waals surface area contributed by atoms with Gasteiger partial charge >= 0.3 is 13.7 Å².